The van der Waals surface area contributed by atoms with Crippen molar-refractivity contribution >= 4 is 7.60 Å². The SMILES string of the molecule is CCOP(=O)(OCC(C)(O)C1CCCCC1)C1CCCCC1. The maximum Gasteiger partial charge on any atom is 0.333 e. The van der Waals surface area contributed by atoms with Gasteiger partial charge >= 0.3 is 7.60 Å². The Morgan fingerprint density at radius 3 is 2.09 bits per heavy atom. The molecule has 4 nitrogen and oxygen atoms in total. The van der Waals surface area contributed by atoms with Crippen LogP contribution >= 0.6 is 7.60 Å². The molecular formula is C17H33O4P. The molecule has 0 amide bonds. The first kappa shape index (κ1) is 18.4. The average Bonchev–Trinajstić information content (AvgIpc) is 2.55. The van der Waals surface area contributed by atoms with Crippen LogP contribution in [-0.2, 0) is 13.6 Å². The lowest BCUT2D eigenvalue weighted by Gasteiger charge is -2.37. The summed E-state index contributed by atoms with van der Waals surface area (Å²) in [6.45, 7) is 4.23. The molecule has 2 rings (SSSR count). The van der Waals surface area contributed by atoms with E-state index in [4.69, 9.17) is 9.05 Å². The van der Waals surface area contributed by atoms with Crippen LogP contribution in [0.25, 0.3) is 0 Å². The van der Waals surface area contributed by atoms with Crippen LogP contribution in [0.1, 0.15) is 78.1 Å². The highest BCUT2D eigenvalue weighted by Gasteiger charge is 2.40. The van der Waals surface area contributed by atoms with Crippen LogP contribution < -0.4 is 0 Å². The van der Waals surface area contributed by atoms with E-state index >= 15 is 0 Å². The first-order chi connectivity index (χ1) is 10.5. The van der Waals surface area contributed by atoms with Crippen molar-refractivity contribution in [1.82, 2.24) is 0 Å². The lowest BCUT2D eigenvalue weighted by molar-refractivity contribution is -0.0542. The van der Waals surface area contributed by atoms with Gasteiger partial charge in [0, 0.05) is 0 Å². The van der Waals surface area contributed by atoms with E-state index in [1.54, 1.807) is 0 Å². The van der Waals surface area contributed by atoms with Crippen molar-refractivity contribution in [2.45, 2.75) is 89.3 Å². The fraction of sp³-hybridized carbons (Fsp3) is 1.00. The van der Waals surface area contributed by atoms with Crippen LogP contribution in [0.3, 0.4) is 0 Å². The van der Waals surface area contributed by atoms with E-state index in [1.807, 2.05) is 13.8 Å². The Labute approximate surface area is 135 Å². The molecule has 2 fully saturated rings. The molecule has 0 aromatic rings. The van der Waals surface area contributed by atoms with E-state index in [-0.39, 0.29) is 18.2 Å². The van der Waals surface area contributed by atoms with Gasteiger partial charge in [0.05, 0.1) is 24.5 Å². The molecule has 2 saturated carbocycles. The van der Waals surface area contributed by atoms with Gasteiger partial charge in [-0.25, -0.2) is 0 Å². The number of hydrogen-bond donors (Lipinski definition) is 1. The van der Waals surface area contributed by atoms with E-state index in [2.05, 4.69) is 0 Å². The van der Waals surface area contributed by atoms with E-state index in [0.29, 0.717) is 6.61 Å². The highest BCUT2D eigenvalue weighted by Crippen LogP contribution is 2.58. The van der Waals surface area contributed by atoms with Crippen molar-refractivity contribution < 1.29 is 18.7 Å². The van der Waals surface area contributed by atoms with Gasteiger partial charge < -0.3 is 14.2 Å². The molecule has 0 aliphatic heterocycles. The summed E-state index contributed by atoms with van der Waals surface area (Å²) in [5, 5.41) is 10.8. The normalized spacial score (nSPS) is 27.2. The summed E-state index contributed by atoms with van der Waals surface area (Å²) in [6, 6.07) is 0. The minimum Gasteiger partial charge on any atom is -0.387 e. The van der Waals surface area contributed by atoms with Crippen molar-refractivity contribution in [1.29, 1.82) is 0 Å². The summed E-state index contributed by atoms with van der Waals surface area (Å²) in [7, 11) is -3.10. The summed E-state index contributed by atoms with van der Waals surface area (Å²) in [4.78, 5) is 0. The van der Waals surface area contributed by atoms with Crippen LogP contribution in [0.5, 0.6) is 0 Å². The summed E-state index contributed by atoms with van der Waals surface area (Å²) in [5.41, 5.74) is -0.884. The molecule has 2 aliphatic carbocycles. The summed E-state index contributed by atoms with van der Waals surface area (Å²) >= 11 is 0. The number of aliphatic hydroxyl groups is 1. The lowest BCUT2D eigenvalue weighted by Crippen LogP contribution is -2.40. The second-order valence-corrected chi connectivity index (χ2v) is 9.54. The van der Waals surface area contributed by atoms with Gasteiger partial charge in [-0.3, -0.25) is 4.57 Å². The van der Waals surface area contributed by atoms with Crippen LogP contribution in [0.4, 0.5) is 0 Å². The molecule has 0 bridgehead atoms. The predicted molar refractivity (Wildman–Crippen MR) is 89.3 cm³/mol. The van der Waals surface area contributed by atoms with Gasteiger partial charge in [0.2, 0.25) is 0 Å². The molecule has 130 valence electrons. The molecular weight excluding hydrogens is 299 g/mol. The van der Waals surface area contributed by atoms with E-state index in [0.717, 1.165) is 38.5 Å². The van der Waals surface area contributed by atoms with Gasteiger partial charge in [-0.2, -0.15) is 0 Å². The first-order valence-electron chi connectivity index (χ1n) is 9.09. The molecule has 22 heavy (non-hydrogen) atoms. The van der Waals surface area contributed by atoms with E-state index in [9.17, 15) is 9.67 Å². The fourth-order valence-electron chi connectivity index (χ4n) is 3.89. The fourth-order valence-corrected chi connectivity index (χ4v) is 6.18. The second-order valence-electron chi connectivity index (χ2n) is 7.21. The first-order valence-corrected chi connectivity index (χ1v) is 10.7. The van der Waals surface area contributed by atoms with Crippen LogP contribution in [0.2, 0.25) is 0 Å². The number of rotatable bonds is 7. The molecule has 0 radical (unpaired) electrons. The van der Waals surface area contributed by atoms with Crippen molar-refractivity contribution in [3.63, 3.8) is 0 Å². The molecule has 0 saturated heterocycles. The van der Waals surface area contributed by atoms with Crippen molar-refractivity contribution in [2.75, 3.05) is 13.2 Å². The average molecular weight is 332 g/mol. The third kappa shape index (κ3) is 4.80. The summed E-state index contributed by atoms with van der Waals surface area (Å²) in [6.07, 6.45) is 10.9. The Morgan fingerprint density at radius 1 is 1.00 bits per heavy atom. The Bertz CT molecular complexity index is 371. The molecule has 0 aromatic heterocycles. The maximum absolute atomic E-state index is 13.1. The maximum atomic E-state index is 13.1. The topological polar surface area (TPSA) is 55.8 Å². The standard InChI is InChI=1S/C17H33O4P/c1-3-20-22(19,16-12-8-5-9-13-16)21-14-17(2,18)15-10-6-4-7-11-15/h15-16,18H,3-14H2,1-2H3. The molecule has 0 aromatic carbocycles. The number of hydrogen-bond acceptors (Lipinski definition) is 4. The van der Waals surface area contributed by atoms with E-state index < -0.39 is 13.2 Å². The molecule has 2 aliphatic rings. The molecule has 0 spiro atoms. The van der Waals surface area contributed by atoms with Crippen LogP contribution in [0.15, 0.2) is 0 Å². The molecule has 2 atom stereocenters. The lowest BCUT2D eigenvalue weighted by atomic mass is 9.78. The zero-order chi connectivity index (χ0) is 16.1. The minimum atomic E-state index is -3.10. The van der Waals surface area contributed by atoms with Crippen molar-refractivity contribution in [2.24, 2.45) is 5.92 Å². The van der Waals surface area contributed by atoms with Gasteiger partial charge in [-0.15, -0.1) is 0 Å². The van der Waals surface area contributed by atoms with Gasteiger partial charge in [0.15, 0.2) is 0 Å². The monoisotopic (exact) mass is 332 g/mol. The second kappa shape index (κ2) is 8.28. The Hall–Kier alpha value is 0.110. The smallest absolute Gasteiger partial charge is 0.333 e. The molecule has 5 heteroatoms. The molecule has 0 heterocycles. The van der Waals surface area contributed by atoms with Crippen molar-refractivity contribution in [3.05, 3.63) is 0 Å². The third-order valence-corrected chi connectivity index (χ3v) is 7.87. The van der Waals surface area contributed by atoms with Gasteiger partial charge in [-0.1, -0.05) is 38.5 Å². The zero-order valence-corrected chi connectivity index (χ0v) is 15.2. The largest absolute Gasteiger partial charge is 0.387 e. The van der Waals surface area contributed by atoms with Gasteiger partial charge in [0.1, 0.15) is 0 Å². The van der Waals surface area contributed by atoms with Crippen LogP contribution in [0, 0.1) is 5.92 Å². The van der Waals surface area contributed by atoms with Gasteiger partial charge in [-0.05, 0) is 45.4 Å². The molecule has 1 N–H and O–H groups in total. The summed E-state index contributed by atoms with van der Waals surface area (Å²) in [5.74, 6) is 0.252. The molecule has 2 unspecified atom stereocenters. The highest BCUT2D eigenvalue weighted by molar-refractivity contribution is 7.54. The minimum absolute atomic E-state index is 0.0170. The third-order valence-electron chi connectivity index (χ3n) is 5.35. The van der Waals surface area contributed by atoms with Crippen LogP contribution in [-0.4, -0.2) is 29.6 Å². The Kier molecular flexibility index (Phi) is 6.94. The Morgan fingerprint density at radius 2 is 1.55 bits per heavy atom. The summed E-state index contributed by atoms with van der Waals surface area (Å²) < 4.78 is 24.5. The van der Waals surface area contributed by atoms with E-state index in [1.165, 1.54) is 25.7 Å². The zero-order valence-electron chi connectivity index (χ0n) is 14.3. The van der Waals surface area contributed by atoms with Gasteiger partial charge in [0.25, 0.3) is 0 Å². The Balaban J connectivity index is 1.96. The highest BCUT2D eigenvalue weighted by atomic mass is 31.2. The predicted octanol–water partition coefficient (Wildman–Crippen LogP) is 4.90. The van der Waals surface area contributed by atoms with Crippen molar-refractivity contribution in [3.8, 4) is 0 Å². The quantitative estimate of drug-likeness (QED) is 0.674.